The van der Waals surface area contributed by atoms with Crippen LogP contribution in [0, 0.1) is 0 Å². The van der Waals surface area contributed by atoms with Crippen LogP contribution in [0.1, 0.15) is 0 Å². The first-order valence-corrected chi connectivity index (χ1v) is 4.12. The number of H-pyrrole nitrogens is 1. The van der Waals surface area contributed by atoms with Crippen LogP contribution in [-0.2, 0) is 0 Å². The van der Waals surface area contributed by atoms with E-state index >= 15 is 0 Å². The van der Waals surface area contributed by atoms with Gasteiger partial charge in [-0.3, -0.25) is 0 Å². The topological polar surface area (TPSA) is 15.8 Å². The van der Waals surface area contributed by atoms with Gasteiger partial charge in [0.05, 0.1) is 5.03 Å². The molecular weight excluding hydrogens is 177 g/mol. The van der Waals surface area contributed by atoms with Gasteiger partial charge in [0.25, 0.3) is 0 Å². The lowest BCUT2D eigenvalue weighted by Gasteiger charge is -1.94. The summed E-state index contributed by atoms with van der Waals surface area (Å²) in [7, 11) is 0. The highest BCUT2D eigenvalue weighted by atomic mass is 35.5. The van der Waals surface area contributed by atoms with Crippen LogP contribution in [0.4, 0.5) is 0 Å². The van der Waals surface area contributed by atoms with Crippen molar-refractivity contribution in [3.8, 4) is 0 Å². The molecule has 9 heavy (non-hydrogen) atoms. The fourth-order valence-electron chi connectivity index (χ4n) is 0.483. The molecule has 0 bridgehead atoms. The van der Waals surface area contributed by atoms with Gasteiger partial charge in [-0.1, -0.05) is 35.0 Å². The number of rotatable bonds is 2. The fraction of sp³-hybridized carbons (Fsp3) is 0.200. The quantitative estimate of drug-likeness (QED) is 0.549. The van der Waals surface area contributed by atoms with E-state index in [9.17, 15) is 0 Å². The molecule has 50 valence electrons. The van der Waals surface area contributed by atoms with E-state index in [1.54, 1.807) is 0 Å². The second kappa shape index (κ2) is 3.40. The van der Waals surface area contributed by atoms with Crippen LogP contribution in [0.5, 0.6) is 0 Å². The Morgan fingerprint density at radius 1 is 1.56 bits per heavy atom. The summed E-state index contributed by atoms with van der Waals surface area (Å²) in [5, 5.41) is 0.991. The molecule has 0 aliphatic heterocycles. The summed E-state index contributed by atoms with van der Waals surface area (Å²) in [6, 6.07) is 3.82. The lowest BCUT2D eigenvalue weighted by Crippen LogP contribution is -1.75. The molecule has 0 aromatic carbocycles. The van der Waals surface area contributed by atoms with Crippen molar-refractivity contribution in [2.45, 2.75) is 9.19 Å². The van der Waals surface area contributed by atoms with Gasteiger partial charge < -0.3 is 4.98 Å². The third-order valence-corrected chi connectivity index (χ3v) is 2.01. The van der Waals surface area contributed by atoms with Gasteiger partial charge in [0, 0.05) is 6.20 Å². The monoisotopic (exact) mass is 181 g/mol. The van der Waals surface area contributed by atoms with E-state index in [1.807, 2.05) is 18.3 Å². The van der Waals surface area contributed by atoms with Gasteiger partial charge in [0.15, 0.2) is 4.17 Å². The van der Waals surface area contributed by atoms with E-state index < -0.39 is 0 Å². The SMILES string of the molecule is ClC(Cl)Sc1ccc[nH]1. The number of halogens is 2. The molecule has 0 fully saturated rings. The molecular formula is C5H5Cl2NS. The van der Waals surface area contributed by atoms with Gasteiger partial charge in [-0.2, -0.15) is 0 Å². The Balaban J connectivity index is 2.48. The van der Waals surface area contributed by atoms with Crippen LogP contribution >= 0.6 is 35.0 Å². The molecule has 0 saturated heterocycles. The maximum Gasteiger partial charge on any atom is 0.158 e. The number of aromatic amines is 1. The molecule has 0 aliphatic carbocycles. The largest absolute Gasteiger partial charge is 0.356 e. The number of nitrogens with one attached hydrogen (secondary N) is 1. The standard InChI is InChI=1S/C5H5Cl2NS/c6-5(7)9-4-2-1-3-8-4/h1-3,5,8H. The minimum Gasteiger partial charge on any atom is -0.356 e. The zero-order chi connectivity index (χ0) is 6.69. The van der Waals surface area contributed by atoms with Crippen LogP contribution in [-0.4, -0.2) is 9.15 Å². The average molecular weight is 182 g/mol. The van der Waals surface area contributed by atoms with Crippen molar-refractivity contribution in [3.63, 3.8) is 0 Å². The van der Waals surface area contributed by atoms with Crippen molar-refractivity contribution < 1.29 is 0 Å². The van der Waals surface area contributed by atoms with Crippen molar-refractivity contribution in [2.24, 2.45) is 0 Å². The number of hydrogen-bond donors (Lipinski definition) is 1. The summed E-state index contributed by atoms with van der Waals surface area (Å²) in [5.41, 5.74) is 0. The van der Waals surface area contributed by atoms with Crippen molar-refractivity contribution in [1.29, 1.82) is 0 Å². The van der Waals surface area contributed by atoms with E-state index in [0.29, 0.717) is 0 Å². The number of thioether (sulfide) groups is 1. The van der Waals surface area contributed by atoms with E-state index in [2.05, 4.69) is 4.98 Å². The van der Waals surface area contributed by atoms with Crippen LogP contribution in [0.25, 0.3) is 0 Å². The molecule has 0 unspecified atom stereocenters. The Morgan fingerprint density at radius 2 is 2.33 bits per heavy atom. The van der Waals surface area contributed by atoms with E-state index in [4.69, 9.17) is 23.2 Å². The molecule has 0 saturated carbocycles. The third kappa shape index (κ3) is 2.52. The highest BCUT2D eigenvalue weighted by Crippen LogP contribution is 2.26. The van der Waals surface area contributed by atoms with Crippen LogP contribution in [0.15, 0.2) is 23.4 Å². The zero-order valence-electron chi connectivity index (χ0n) is 4.47. The lowest BCUT2D eigenvalue weighted by molar-refractivity contribution is 1.21. The van der Waals surface area contributed by atoms with Gasteiger partial charge in [-0.15, -0.1) is 0 Å². The van der Waals surface area contributed by atoms with Crippen LogP contribution in [0.3, 0.4) is 0 Å². The molecule has 1 aromatic rings. The summed E-state index contributed by atoms with van der Waals surface area (Å²) in [6.45, 7) is 0. The molecule has 0 spiro atoms. The number of aromatic nitrogens is 1. The first kappa shape index (κ1) is 7.32. The second-order valence-electron chi connectivity index (χ2n) is 1.41. The van der Waals surface area contributed by atoms with E-state index in [1.165, 1.54) is 11.8 Å². The van der Waals surface area contributed by atoms with Crippen molar-refractivity contribution >= 4 is 35.0 Å². The fourth-order valence-corrected chi connectivity index (χ4v) is 1.54. The van der Waals surface area contributed by atoms with Crippen molar-refractivity contribution in [1.82, 2.24) is 4.98 Å². The van der Waals surface area contributed by atoms with Crippen molar-refractivity contribution in [3.05, 3.63) is 18.3 Å². The van der Waals surface area contributed by atoms with Gasteiger partial charge in [-0.05, 0) is 12.1 Å². The van der Waals surface area contributed by atoms with E-state index in [0.717, 1.165) is 5.03 Å². The molecule has 1 N–H and O–H groups in total. The molecule has 4 heteroatoms. The Labute approximate surface area is 67.7 Å². The molecule has 0 aliphatic rings. The third-order valence-electron chi connectivity index (χ3n) is 0.785. The molecule has 1 nitrogen and oxygen atoms in total. The Hall–Kier alpha value is 0.210. The average Bonchev–Trinajstić information content (AvgIpc) is 2.15. The minimum absolute atomic E-state index is 0.386. The predicted molar refractivity (Wildman–Crippen MR) is 42.1 cm³/mol. The molecule has 1 heterocycles. The molecule has 0 radical (unpaired) electrons. The van der Waals surface area contributed by atoms with Gasteiger partial charge in [0.2, 0.25) is 0 Å². The predicted octanol–water partition coefficient (Wildman–Crippen LogP) is 2.87. The van der Waals surface area contributed by atoms with Gasteiger partial charge >= 0.3 is 0 Å². The molecule has 0 atom stereocenters. The van der Waals surface area contributed by atoms with Gasteiger partial charge in [-0.25, -0.2) is 0 Å². The molecule has 1 rings (SSSR count). The zero-order valence-corrected chi connectivity index (χ0v) is 6.80. The first-order chi connectivity index (χ1) is 4.29. The Bertz CT molecular complexity index is 161. The van der Waals surface area contributed by atoms with Crippen LogP contribution < -0.4 is 0 Å². The first-order valence-electron chi connectivity index (χ1n) is 2.37. The summed E-state index contributed by atoms with van der Waals surface area (Å²) in [5.74, 6) is 0. The molecule has 0 amide bonds. The number of alkyl halides is 2. The smallest absolute Gasteiger partial charge is 0.158 e. The Kier molecular flexibility index (Phi) is 2.76. The van der Waals surface area contributed by atoms with Gasteiger partial charge in [0.1, 0.15) is 0 Å². The number of hydrogen-bond acceptors (Lipinski definition) is 1. The Morgan fingerprint density at radius 3 is 2.78 bits per heavy atom. The second-order valence-corrected chi connectivity index (χ2v) is 4.17. The normalized spacial score (nSPS) is 10.6. The molecule has 1 aromatic heterocycles. The summed E-state index contributed by atoms with van der Waals surface area (Å²) in [4.78, 5) is 2.96. The highest BCUT2D eigenvalue weighted by Gasteiger charge is 2.00. The maximum atomic E-state index is 5.48. The van der Waals surface area contributed by atoms with Crippen LogP contribution in [0.2, 0.25) is 0 Å². The summed E-state index contributed by atoms with van der Waals surface area (Å²) in [6.07, 6.45) is 1.83. The van der Waals surface area contributed by atoms with E-state index in [-0.39, 0.29) is 4.17 Å². The summed E-state index contributed by atoms with van der Waals surface area (Å²) < 4.78 is -0.386. The minimum atomic E-state index is -0.386. The van der Waals surface area contributed by atoms with Crippen molar-refractivity contribution in [2.75, 3.05) is 0 Å². The maximum absolute atomic E-state index is 5.48. The summed E-state index contributed by atoms with van der Waals surface area (Å²) >= 11 is 12.3. The lowest BCUT2D eigenvalue weighted by atomic mass is 10.7. The highest BCUT2D eigenvalue weighted by molar-refractivity contribution is 8.02.